The van der Waals surface area contributed by atoms with E-state index in [1.165, 1.54) is 93.8 Å². The van der Waals surface area contributed by atoms with E-state index in [1.54, 1.807) is 0 Å². The molecule has 0 aliphatic rings. The molecule has 2 nitrogen and oxygen atoms in total. The third kappa shape index (κ3) is 7.55. The third-order valence-corrected chi connectivity index (χ3v) is 13.3. The fraction of sp³-hybridized carbons (Fsp3) is 0.0154. The Morgan fingerprint density at radius 1 is 0.299 bits per heavy atom. The standard InChI is InChI=1S/C65H46N2/c1-3-17-46(18-4-1)47-35-37-48(38-36-47)52-24-13-26-56(43-52)66(45-54-21-7-8-28-58(54)62-32-16-23-51-22-15-31-59(65(51)62)50-19-5-2-6-20-50)55-41-39-49(40-42-55)53-25-14-27-57(44-53)67-63-33-11-9-29-60(63)61-30-10-12-34-64(61)67/h1-44H,45H2. The van der Waals surface area contributed by atoms with E-state index in [4.69, 9.17) is 0 Å². The topological polar surface area (TPSA) is 8.17 Å². The Hall–Kier alpha value is -8.72. The second-order valence-corrected chi connectivity index (χ2v) is 17.3. The van der Waals surface area contributed by atoms with Crippen molar-refractivity contribution >= 4 is 44.0 Å². The van der Waals surface area contributed by atoms with Gasteiger partial charge in [-0.25, -0.2) is 0 Å². The van der Waals surface area contributed by atoms with Gasteiger partial charge in [0.15, 0.2) is 0 Å². The molecule has 11 aromatic carbocycles. The van der Waals surface area contributed by atoms with Gasteiger partial charge in [-0.3, -0.25) is 0 Å². The number of aromatic nitrogens is 1. The van der Waals surface area contributed by atoms with Crippen LogP contribution in [0.4, 0.5) is 11.4 Å². The molecule has 316 valence electrons. The molecule has 12 aromatic rings. The summed E-state index contributed by atoms with van der Waals surface area (Å²) in [6.07, 6.45) is 0. The lowest BCUT2D eigenvalue weighted by atomic mass is 9.89. The van der Waals surface area contributed by atoms with Crippen LogP contribution in [0.2, 0.25) is 0 Å². The van der Waals surface area contributed by atoms with E-state index in [9.17, 15) is 0 Å². The van der Waals surface area contributed by atoms with Crippen molar-refractivity contribution < 1.29 is 0 Å². The van der Waals surface area contributed by atoms with Gasteiger partial charge in [0.2, 0.25) is 0 Å². The minimum atomic E-state index is 0.666. The minimum absolute atomic E-state index is 0.666. The van der Waals surface area contributed by atoms with Gasteiger partial charge >= 0.3 is 0 Å². The molecule has 0 aliphatic carbocycles. The minimum Gasteiger partial charge on any atom is -0.337 e. The Labute approximate surface area is 391 Å². The predicted octanol–water partition coefficient (Wildman–Crippen LogP) is 17.6. The quantitative estimate of drug-likeness (QED) is 0.133. The molecular formula is C65H46N2. The van der Waals surface area contributed by atoms with Crippen molar-refractivity contribution in [3.63, 3.8) is 0 Å². The van der Waals surface area contributed by atoms with E-state index < -0.39 is 0 Å². The van der Waals surface area contributed by atoms with Gasteiger partial charge in [-0.05, 0) is 121 Å². The molecule has 0 aliphatic heterocycles. The molecule has 12 rings (SSSR count). The van der Waals surface area contributed by atoms with E-state index in [1.807, 2.05) is 0 Å². The average Bonchev–Trinajstić information content (AvgIpc) is 3.75. The fourth-order valence-corrected chi connectivity index (χ4v) is 10.0. The highest BCUT2D eigenvalue weighted by molar-refractivity contribution is 6.09. The van der Waals surface area contributed by atoms with Crippen LogP contribution in [0.1, 0.15) is 5.56 Å². The second-order valence-electron chi connectivity index (χ2n) is 17.3. The summed E-state index contributed by atoms with van der Waals surface area (Å²) in [6, 6.07) is 97.2. The van der Waals surface area contributed by atoms with Crippen molar-refractivity contribution in [1.82, 2.24) is 4.57 Å². The number of fused-ring (bicyclic) bond motifs is 4. The van der Waals surface area contributed by atoms with Crippen LogP contribution in [0.3, 0.4) is 0 Å². The Kier molecular flexibility index (Phi) is 10.3. The molecule has 0 saturated heterocycles. The summed E-state index contributed by atoms with van der Waals surface area (Å²) < 4.78 is 2.39. The van der Waals surface area contributed by atoms with Crippen molar-refractivity contribution in [2.45, 2.75) is 6.54 Å². The smallest absolute Gasteiger partial charge is 0.0541 e. The Morgan fingerprint density at radius 2 is 0.776 bits per heavy atom. The van der Waals surface area contributed by atoms with Gasteiger partial charge in [0.1, 0.15) is 0 Å². The Morgan fingerprint density at radius 3 is 1.46 bits per heavy atom. The van der Waals surface area contributed by atoms with Crippen LogP contribution in [-0.4, -0.2) is 4.57 Å². The second kappa shape index (κ2) is 17.3. The van der Waals surface area contributed by atoms with E-state index >= 15 is 0 Å². The third-order valence-electron chi connectivity index (χ3n) is 13.3. The first-order chi connectivity index (χ1) is 33.2. The maximum Gasteiger partial charge on any atom is 0.0541 e. The number of anilines is 2. The molecule has 67 heavy (non-hydrogen) atoms. The van der Waals surface area contributed by atoms with E-state index in [-0.39, 0.29) is 0 Å². The number of hydrogen-bond donors (Lipinski definition) is 0. The van der Waals surface area contributed by atoms with E-state index in [0.717, 1.165) is 17.1 Å². The molecule has 0 atom stereocenters. The van der Waals surface area contributed by atoms with Gasteiger partial charge in [0.05, 0.1) is 11.0 Å². The summed E-state index contributed by atoms with van der Waals surface area (Å²) in [5, 5.41) is 5.03. The van der Waals surface area contributed by atoms with Crippen molar-refractivity contribution in [3.05, 3.63) is 272 Å². The summed E-state index contributed by atoms with van der Waals surface area (Å²) in [5.74, 6) is 0. The Balaban J connectivity index is 0.952. The molecule has 1 heterocycles. The zero-order chi connectivity index (χ0) is 44.5. The average molecular weight is 855 g/mol. The van der Waals surface area contributed by atoms with Crippen molar-refractivity contribution in [2.24, 2.45) is 0 Å². The van der Waals surface area contributed by atoms with Crippen molar-refractivity contribution in [3.8, 4) is 61.3 Å². The van der Waals surface area contributed by atoms with Gasteiger partial charge in [-0.15, -0.1) is 0 Å². The summed E-state index contributed by atoms with van der Waals surface area (Å²) in [4.78, 5) is 2.47. The van der Waals surface area contributed by atoms with E-state index in [2.05, 4.69) is 276 Å². The number of nitrogens with zero attached hydrogens (tertiary/aromatic N) is 2. The first kappa shape index (κ1) is 39.8. The van der Waals surface area contributed by atoms with Gasteiger partial charge in [0, 0.05) is 34.4 Å². The van der Waals surface area contributed by atoms with Gasteiger partial charge in [-0.1, -0.05) is 218 Å². The van der Waals surface area contributed by atoms with Crippen molar-refractivity contribution in [2.75, 3.05) is 4.90 Å². The molecule has 0 N–H and O–H groups in total. The van der Waals surface area contributed by atoms with Gasteiger partial charge in [-0.2, -0.15) is 0 Å². The van der Waals surface area contributed by atoms with Crippen LogP contribution in [0.15, 0.2) is 267 Å². The highest BCUT2D eigenvalue weighted by atomic mass is 15.1. The zero-order valence-electron chi connectivity index (χ0n) is 37.0. The molecule has 2 heteroatoms. The lowest BCUT2D eigenvalue weighted by Crippen LogP contribution is -2.17. The molecule has 0 fully saturated rings. The predicted molar refractivity (Wildman–Crippen MR) is 284 cm³/mol. The SMILES string of the molecule is c1ccc(-c2ccc(-c3cccc(N(Cc4ccccc4-c4cccc5cccc(-c6ccccc6)c45)c4ccc(-c5cccc(-n6c7ccccc7c7ccccc76)c5)cc4)c3)cc2)cc1. The molecule has 0 radical (unpaired) electrons. The highest BCUT2D eigenvalue weighted by Gasteiger charge is 2.18. The molecule has 0 unspecified atom stereocenters. The van der Waals surface area contributed by atoms with Crippen LogP contribution in [-0.2, 0) is 6.54 Å². The maximum atomic E-state index is 2.47. The van der Waals surface area contributed by atoms with Crippen LogP contribution in [0.25, 0.3) is 93.9 Å². The monoisotopic (exact) mass is 854 g/mol. The van der Waals surface area contributed by atoms with Crippen molar-refractivity contribution in [1.29, 1.82) is 0 Å². The molecule has 0 saturated carbocycles. The lowest BCUT2D eigenvalue weighted by molar-refractivity contribution is 0.978. The summed E-state index contributed by atoms with van der Waals surface area (Å²) in [5.41, 5.74) is 19.1. The molecule has 0 bridgehead atoms. The number of rotatable bonds is 10. The largest absolute Gasteiger partial charge is 0.337 e. The van der Waals surface area contributed by atoms with Crippen LogP contribution in [0, 0.1) is 0 Å². The summed E-state index contributed by atoms with van der Waals surface area (Å²) in [7, 11) is 0. The first-order valence-electron chi connectivity index (χ1n) is 23.1. The van der Waals surface area contributed by atoms with Gasteiger partial charge in [0.25, 0.3) is 0 Å². The highest BCUT2D eigenvalue weighted by Crippen LogP contribution is 2.41. The zero-order valence-corrected chi connectivity index (χ0v) is 37.0. The normalized spacial score (nSPS) is 11.3. The van der Waals surface area contributed by atoms with Gasteiger partial charge < -0.3 is 9.47 Å². The lowest BCUT2D eigenvalue weighted by Gasteiger charge is -2.27. The summed E-state index contributed by atoms with van der Waals surface area (Å²) >= 11 is 0. The number of para-hydroxylation sites is 2. The van der Waals surface area contributed by atoms with Crippen LogP contribution in [0.5, 0.6) is 0 Å². The summed E-state index contributed by atoms with van der Waals surface area (Å²) in [6.45, 7) is 0.666. The Bertz CT molecular complexity index is 3640. The molecule has 0 spiro atoms. The van der Waals surface area contributed by atoms with Crippen LogP contribution >= 0.6 is 0 Å². The molecule has 0 amide bonds. The molecule has 1 aromatic heterocycles. The van der Waals surface area contributed by atoms with Crippen LogP contribution < -0.4 is 4.90 Å². The first-order valence-corrected chi connectivity index (χ1v) is 23.1. The number of hydrogen-bond acceptors (Lipinski definition) is 1. The maximum absolute atomic E-state index is 2.47. The fourth-order valence-electron chi connectivity index (χ4n) is 10.0. The molecular weight excluding hydrogens is 809 g/mol. The van der Waals surface area contributed by atoms with E-state index in [0.29, 0.717) is 6.54 Å². The number of benzene rings is 11.